The van der Waals surface area contributed by atoms with Gasteiger partial charge in [0, 0.05) is 0 Å². The Kier molecular flexibility index (Phi) is 6.59. The van der Waals surface area contributed by atoms with Crippen molar-refractivity contribution in [2.75, 3.05) is 0 Å². The van der Waals surface area contributed by atoms with Crippen molar-refractivity contribution in [1.29, 1.82) is 0 Å². The zero-order valence-electron chi connectivity index (χ0n) is 12.7. The molecule has 2 N–H and O–H groups in total. The molecule has 2 aromatic rings. The van der Waals surface area contributed by atoms with Crippen LogP contribution in [0, 0.1) is 0 Å². The molecule has 0 fully saturated rings. The summed E-state index contributed by atoms with van der Waals surface area (Å²) in [6.07, 6.45) is -0.229. The van der Waals surface area contributed by atoms with Crippen LogP contribution in [0.4, 0.5) is 0 Å². The molecule has 24 heavy (non-hydrogen) atoms. The van der Waals surface area contributed by atoms with Crippen molar-refractivity contribution in [2.45, 2.75) is 12.8 Å². The van der Waals surface area contributed by atoms with Crippen molar-refractivity contribution < 1.29 is 19.3 Å². The van der Waals surface area contributed by atoms with E-state index in [1.807, 2.05) is 35.0 Å². The zero-order valence-corrected chi connectivity index (χ0v) is 14.4. The van der Waals surface area contributed by atoms with E-state index in [2.05, 4.69) is 24.1 Å². The summed E-state index contributed by atoms with van der Waals surface area (Å²) in [6.45, 7) is 7.50. The van der Waals surface area contributed by atoms with Gasteiger partial charge >= 0.3 is 11.9 Å². The van der Waals surface area contributed by atoms with Crippen LogP contribution in [0.2, 0.25) is 0 Å². The van der Waals surface area contributed by atoms with Crippen LogP contribution >= 0.6 is 22.7 Å². The average molecular weight is 364 g/mol. The first-order valence-electron chi connectivity index (χ1n) is 6.93. The first-order chi connectivity index (χ1) is 11.6. The molecule has 2 aromatic heterocycles. The fourth-order valence-corrected chi connectivity index (χ4v) is 2.83. The van der Waals surface area contributed by atoms with E-state index in [1.165, 1.54) is 22.7 Å². The smallest absolute Gasteiger partial charge is 0.332 e. The number of carbonyl (C=O) groups is 2. The molecule has 0 radical (unpaired) electrons. The van der Waals surface area contributed by atoms with Crippen LogP contribution in [0.25, 0.3) is 11.4 Å². The highest BCUT2D eigenvalue weighted by Crippen LogP contribution is 2.16. The highest BCUT2D eigenvalue weighted by molar-refractivity contribution is 7.11. The molecule has 0 unspecified atom stereocenters. The molecule has 0 aliphatic rings. The summed E-state index contributed by atoms with van der Waals surface area (Å²) in [5.74, 6) is -1.16. The normalized spacial score (nSPS) is 9.83. The summed E-state index contributed by atoms with van der Waals surface area (Å²) < 4.78 is 0. The lowest BCUT2D eigenvalue weighted by atomic mass is 10.3. The van der Waals surface area contributed by atoms with Gasteiger partial charge in [0.05, 0.1) is 34.0 Å². The predicted molar refractivity (Wildman–Crippen MR) is 94.4 cm³/mol. The second-order valence-corrected chi connectivity index (χ2v) is 6.46. The van der Waals surface area contributed by atoms with Gasteiger partial charge in [0.1, 0.15) is 0 Å². The van der Waals surface area contributed by atoms with Crippen molar-refractivity contribution >= 4 is 46.0 Å². The fourth-order valence-electron chi connectivity index (χ4n) is 1.54. The summed E-state index contributed by atoms with van der Waals surface area (Å²) in [6, 6.07) is 7.41. The lowest BCUT2D eigenvalue weighted by molar-refractivity contribution is -0.155. The summed E-state index contributed by atoms with van der Waals surface area (Å²) in [5, 5.41) is 3.77. The van der Waals surface area contributed by atoms with Crippen LogP contribution < -0.4 is 11.0 Å². The third-order valence-electron chi connectivity index (χ3n) is 2.75. The zero-order chi connectivity index (χ0) is 17.4. The SMILES string of the molecule is C=C(NOC(=O)CCC(=O)ONC(=C)c1cccs1)c1cccs1. The van der Waals surface area contributed by atoms with Gasteiger partial charge in [0.2, 0.25) is 0 Å². The van der Waals surface area contributed by atoms with E-state index in [4.69, 9.17) is 9.68 Å². The molecular formula is C16H16N2O4S2. The van der Waals surface area contributed by atoms with Crippen LogP contribution in [0.1, 0.15) is 22.6 Å². The minimum atomic E-state index is -0.582. The summed E-state index contributed by atoms with van der Waals surface area (Å²) >= 11 is 2.93. The Hall–Kier alpha value is -2.58. The van der Waals surface area contributed by atoms with Crippen molar-refractivity contribution in [1.82, 2.24) is 11.0 Å². The van der Waals surface area contributed by atoms with E-state index in [1.54, 1.807) is 0 Å². The lowest BCUT2D eigenvalue weighted by Gasteiger charge is -2.09. The molecule has 2 heterocycles. The molecular weight excluding hydrogens is 348 g/mol. The van der Waals surface area contributed by atoms with Gasteiger partial charge in [-0.2, -0.15) is 0 Å². The molecule has 0 bridgehead atoms. The second kappa shape index (κ2) is 8.90. The van der Waals surface area contributed by atoms with Gasteiger partial charge in [-0.1, -0.05) is 25.3 Å². The third kappa shape index (κ3) is 5.56. The Labute approximate surface area is 147 Å². The molecule has 0 aromatic carbocycles. The fraction of sp³-hybridized carbons (Fsp3) is 0.125. The van der Waals surface area contributed by atoms with Crippen molar-refractivity contribution in [3.05, 3.63) is 57.9 Å². The number of nitrogens with one attached hydrogen (secondary N) is 2. The molecule has 126 valence electrons. The van der Waals surface area contributed by atoms with Crippen LogP contribution in [-0.4, -0.2) is 11.9 Å². The molecule has 0 atom stereocenters. The number of rotatable bonds is 9. The largest absolute Gasteiger partial charge is 0.343 e. The van der Waals surface area contributed by atoms with Gasteiger partial charge in [-0.05, 0) is 22.9 Å². The van der Waals surface area contributed by atoms with Gasteiger partial charge in [-0.3, -0.25) is 0 Å². The van der Waals surface area contributed by atoms with Crippen LogP contribution in [0.5, 0.6) is 0 Å². The molecule has 0 aliphatic heterocycles. The maximum atomic E-state index is 11.6. The van der Waals surface area contributed by atoms with Crippen molar-refractivity contribution in [3.63, 3.8) is 0 Å². The van der Waals surface area contributed by atoms with Gasteiger partial charge < -0.3 is 9.68 Å². The Bertz CT molecular complexity index is 646. The maximum absolute atomic E-state index is 11.6. The van der Waals surface area contributed by atoms with Crippen LogP contribution in [0.15, 0.2) is 48.2 Å². The molecule has 6 nitrogen and oxygen atoms in total. The van der Waals surface area contributed by atoms with E-state index in [9.17, 15) is 9.59 Å². The topological polar surface area (TPSA) is 76.7 Å². The van der Waals surface area contributed by atoms with Crippen LogP contribution in [-0.2, 0) is 19.3 Å². The van der Waals surface area contributed by atoms with E-state index < -0.39 is 11.9 Å². The van der Waals surface area contributed by atoms with E-state index in [-0.39, 0.29) is 12.8 Å². The minimum absolute atomic E-state index is 0.114. The van der Waals surface area contributed by atoms with Gasteiger partial charge in [0.15, 0.2) is 0 Å². The molecule has 0 amide bonds. The van der Waals surface area contributed by atoms with E-state index >= 15 is 0 Å². The molecule has 0 spiro atoms. The number of hydrogen-bond acceptors (Lipinski definition) is 8. The Morgan fingerprint density at radius 1 is 0.875 bits per heavy atom. The lowest BCUT2D eigenvalue weighted by Crippen LogP contribution is -2.21. The maximum Gasteiger partial charge on any atom is 0.332 e. The van der Waals surface area contributed by atoms with Crippen LogP contribution in [0.3, 0.4) is 0 Å². The second-order valence-electron chi connectivity index (χ2n) is 4.56. The predicted octanol–water partition coefficient (Wildman–Crippen LogP) is 3.33. The number of hydroxylamine groups is 2. The Morgan fingerprint density at radius 2 is 1.29 bits per heavy atom. The van der Waals surface area contributed by atoms with E-state index in [0.717, 1.165) is 9.75 Å². The minimum Gasteiger partial charge on any atom is -0.343 e. The van der Waals surface area contributed by atoms with Gasteiger partial charge in [-0.25, -0.2) is 20.5 Å². The third-order valence-corrected chi connectivity index (χ3v) is 4.61. The van der Waals surface area contributed by atoms with Gasteiger partial charge in [-0.15, -0.1) is 22.7 Å². The summed E-state index contributed by atoms with van der Waals surface area (Å²) in [4.78, 5) is 34.6. The summed E-state index contributed by atoms with van der Waals surface area (Å²) in [7, 11) is 0. The quantitative estimate of drug-likeness (QED) is 0.665. The average Bonchev–Trinajstić information content (AvgIpc) is 3.28. The number of hydrogen-bond donors (Lipinski definition) is 2. The molecule has 0 saturated carbocycles. The Balaban J connectivity index is 1.61. The Morgan fingerprint density at radius 3 is 1.62 bits per heavy atom. The monoisotopic (exact) mass is 364 g/mol. The first kappa shape index (κ1) is 17.8. The first-order valence-corrected chi connectivity index (χ1v) is 8.69. The number of carbonyl (C=O) groups excluding carboxylic acids is 2. The molecule has 8 heteroatoms. The van der Waals surface area contributed by atoms with Crippen molar-refractivity contribution in [3.8, 4) is 0 Å². The molecule has 2 rings (SSSR count). The molecule has 0 aliphatic carbocycles. The standard InChI is InChI=1S/C16H16N2O4S2/c1-11(13-5-3-9-23-13)17-21-15(19)7-8-16(20)22-18-12(2)14-6-4-10-24-14/h3-6,9-10,17-18H,1-2,7-8H2. The summed E-state index contributed by atoms with van der Waals surface area (Å²) in [5.41, 5.74) is 5.89. The molecule has 0 saturated heterocycles. The highest BCUT2D eigenvalue weighted by Gasteiger charge is 2.11. The highest BCUT2D eigenvalue weighted by atomic mass is 32.1. The number of thiophene rings is 2. The van der Waals surface area contributed by atoms with Crippen molar-refractivity contribution in [2.24, 2.45) is 0 Å². The van der Waals surface area contributed by atoms with E-state index in [0.29, 0.717) is 11.4 Å². The van der Waals surface area contributed by atoms with Gasteiger partial charge in [0.25, 0.3) is 0 Å².